The van der Waals surface area contributed by atoms with Gasteiger partial charge in [-0.05, 0) is 32.0 Å². The topological polar surface area (TPSA) is 30.2 Å². The van der Waals surface area contributed by atoms with Crippen molar-refractivity contribution in [2.24, 2.45) is 0 Å². The Morgan fingerprint density at radius 2 is 1.68 bits per heavy atom. The molecule has 0 spiro atoms. The molecule has 1 aromatic carbocycles. The van der Waals surface area contributed by atoms with Crippen LogP contribution >= 0.6 is 0 Å². The van der Waals surface area contributed by atoms with E-state index in [0.29, 0.717) is 17.1 Å². The quantitative estimate of drug-likeness (QED) is 0.766. The van der Waals surface area contributed by atoms with Crippen molar-refractivity contribution in [3.05, 3.63) is 58.5 Å². The van der Waals surface area contributed by atoms with E-state index in [1.807, 2.05) is 0 Å². The molecule has 0 saturated carbocycles. The van der Waals surface area contributed by atoms with Crippen LogP contribution in [-0.4, -0.2) is 5.78 Å². The van der Waals surface area contributed by atoms with E-state index in [0.717, 1.165) is 12.1 Å². The Morgan fingerprint density at radius 3 is 2.11 bits per heavy atom. The zero-order valence-corrected chi connectivity index (χ0v) is 10.3. The lowest BCUT2D eigenvalue weighted by Crippen LogP contribution is -2.06. The number of rotatable bonds is 2. The highest BCUT2D eigenvalue weighted by Gasteiger charge is 2.30. The van der Waals surface area contributed by atoms with E-state index in [2.05, 4.69) is 0 Å². The van der Waals surface area contributed by atoms with Crippen LogP contribution in [0.3, 0.4) is 0 Å². The summed E-state index contributed by atoms with van der Waals surface area (Å²) in [6, 6.07) is 5.72. The summed E-state index contributed by atoms with van der Waals surface area (Å²) in [4.78, 5) is 12.1. The van der Waals surface area contributed by atoms with E-state index < -0.39 is 11.7 Å². The Hall–Kier alpha value is -2.04. The molecule has 0 aliphatic rings. The second-order valence-electron chi connectivity index (χ2n) is 4.23. The van der Waals surface area contributed by atoms with Crippen LogP contribution in [0.5, 0.6) is 0 Å². The van der Waals surface area contributed by atoms with Gasteiger partial charge in [-0.25, -0.2) is 0 Å². The number of hydrogen-bond acceptors (Lipinski definition) is 2. The molecule has 0 saturated heterocycles. The minimum Gasteiger partial charge on any atom is -0.466 e. The summed E-state index contributed by atoms with van der Waals surface area (Å²) < 4.78 is 42.5. The summed E-state index contributed by atoms with van der Waals surface area (Å²) in [6.45, 7) is 3.35. The number of carbonyl (C=O) groups excluding carboxylic acids is 1. The fourth-order valence-corrected chi connectivity index (χ4v) is 1.82. The van der Waals surface area contributed by atoms with Crippen molar-refractivity contribution in [2.75, 3.05) is 0 Å². The van der Waals surface area contributed by atoms with Crippen LogP contribution in [0.4, 0.5) is 13.2 Å². The van der Waals surface area contributed by atoms with Gasteiger partial charge in [-0.15, -0.1) is 0 Å². The first kappa shape index (κ1) is 13.4. The lowest BCUT2D eigenvalue weighted by atomic mass is 10.0. The lowest BCUT2D eigenvalue weighted by Gasteiger charge is -2.06. The lowest BCUT2D eigenvalue weighted by molar-refractivity contribution is -0.137. The standard InChI is InChI=1S/C14H11F3O2/c1-8-7-12(9(2)19-8)13(18)10-3-5-11(6-4-10)14(15,16)17/h3-7H,1-2H3. The minimum absolute atomic E-state index is 0.205. The first-order valence-corrected chi connectivity index (χ1v) is 5.58. The average molecular weight is 268 g/mol. The minimum atomic E-state index is -4.40. The maximum absolute atomic E-state index is 12.4. The van der Waals surface area contributed by atoms with Gasteiger partial charge < -0.3 is 4.42 Å². The third-order valence-corrected chi connectivity index (χ3v) is 2.76. The molecule has 0 radical (unpaired) electrons. The van der Waals surface area contributed by atoms with Crippen LogP contribution in [0.25, 0.3) is 0 Å². The van der Waals surface area contributed by atoms with Gasteiger partial charge >= 0.3 is 6.18 Å². The first-order valence-electron chi connectivity index (χ1n) is 5.58. The zero-order chi connectivity index (χ0) is 14.2. The smallest absolute Gasteiger partial charge is 0.416 e. The zero-order valence-electron chi connectivity index (χ0n) is 10.3. The maximum Gasteiger partial charge on any atom is 0.416 e. The second-order valence-corrected chi connectivity index (χ2v) is 4.23. The number of aryl methyl sites for hydroxylation is 2. The average Bonchev–Trinajstić information content (AvgIpc) is 2.66. The van der Waals surface area contributed by atoms with Gasteiger partial charge in [0.25, 0.3) is 0 Å². The molecule has 5 heteroatoms. The number of carbonyl (C=O) groups is 1. The van der Waals surface area contributed by atoms with E-state index >= 15 is 0 Å². The summed E-state index contributed by atoms with van der Waals surface area (Å²) >= 11 is 0. The predicted octanol–water partition coefficient (Wildman–Crippen LogP) is 4.15. The molecule has 19 heavy (non-hydrogen) atoms. The van der Waals surface area contributed by atoms with E-state index in [4.69, 9.17) is 4.42 Å². The van der Waals surface area contributed by atoms with Crippen molar-refractivity contribution in [3.8, 4) is 0 Å². The van der Waals surface area contributed by atoms with Gasteiger partial charge in [0.15, 0.2) is 5.78 Å². The Morgan fingerprint density at radius 1 is 1.11 bits per heavy atom. The predicted molar refractivity (Wildman–Crippen MR) is 63.1 cm³/mol. The molecule has 0 aliphatic heterocycles. The van der Waals surface area contributed by atoms with Crippen molar-refractivity contribution in [1.29, 1.82) is 0 Å². The summed E-state index contributed by atoms with van der Waals surface area (Å²) in [7, 11) is 0. The van der Waals surface area contributed by atoms with E-state index in [1.54, 1.807) is 19.9 Å². The van der Waals surface area contributed by atoms with Gasteiger partial charge in [-0.3, -0.25) is 4.79 Å². The number of benzene rings is 1. The molecule has 2 nitrogen and oxygen atoms in total. The fourth-order valence-electron chi connectivity index (χ4n) is 1.82. The summed E-state index contributed by atoms with van der Waals surface area (Å²) in [5, 5.41) is 0. The number of furan rings is 1. The van der Waals surface area contributed by atoms with Crippen LogP contribution in [-0.2, 0) is 6.18 Å². The SMILES string of the molecule is Cc1cc(C(=O)c2ccc(C(F)(F)F)cc2)c(C)o1. The first-order chi connectivity index (χ1) is 8.79. The van der Waals surface area contributed by atoms with Crippen molar-refractivity contribution >= 4 is 5.78 Å². The third kappa shape index (κ3) is 2.70. The molecule has 2 aromatic rings. The normalized spacial score (nSPS) is 11.6. The van der Waals surface area contributed by atoms with Crippen molar-refractivity contribution in [1.82, 2.24) is 0 Å². The van der Waals surface area contributed by atoms with Crippen LogP contribution < -0.4 is 0 Å². The van der Waals surface area contributed by atoms with Gasteiger partial charge in [-0.2, -0.15) is 13.2 Å². The van der Waals surface area contributed by atoms with E-state index in [-0.39, 0.29) is 11.3 Å². The van der Waals surface area contributed by atoms with E-state index in [9.17, 15) is 18.0 Å². The van der Waals surface area contributed by atoms with E-state index in [1.165, 1.54) is 12.1 Å². The number of alkyl halides is 3. The van der Waals surface area contributed by atoms with Crippen LogP contribution in [0.15, 0.2) is 34.7 Å². The van der Waals surface area contributed by atoms with Crippen molar-refractivity contribution < 1.29 is 22.4 Å². The maximum atomic E-state index is 12.4. The van der Waals surface area contributed by atoms with Gasteiger partial charge in [-0.1, -0.05) is 12.1 Å². The van der Waals surface area contributed by atoms with Crippen LogP contribution in [0.1, 0.15) is 33.0 Å². The van der Waals surface area contributed by atoms with Crippen LogP contribution in [0, 0.1) is 13.8 Å². The van der Waals surface area contributed by atoms with Gasteiger partial charge in [0.1, 0.15) is 11.5 Å². The molecule has 0 aliphatic carbocycles. The van der Waals surface area contributed by atoms with Crippen molar-refractivity contribution in [2.45, 2.75) is 20.0 Å². The molecule has 100 valence electrons. The highest BCUT2D eigenvalue weighted by molar-refractivity contribution is 6.09. The molecule has 0 N–H and O–H groups in total. The summed E-state index contributed by atoms with van der Waals surface area (Å²) in [5.74, 6) is 0.707. The fraction of sp³-hybridized carbons (Fsp3) is 0.214. The molecule has 0 amide bonds. The molecular weight excluding hydrogens is 257 g/mol. The molecule has 1 heterocycles. The Kier molecular flexibility index (Phi) is 3.22. The van der Waals surface area contributed by atoms with Gasteiger partial charge in [0.2, 0.25) is 0 Å². The molecular formula is C14H11F3O2. The molecule has 1 aromatic heterocycles. The number of hydrogen-bond donors (Lipinski definition) is 0. The molecule has 0 bridgehead atoms. The summed E-state index contributed by atoms with van der Waals surface area (Å²) in [6.07, 6.45) is -4.40. The number of ketones is 1. The second kappa shape index (κ2) is 4.57. The summed E-state index contributed by atoms with van der Waals surface area (Å²) in [5.41, 5.74) is -0.196. The van der Waals surface area contributed by atoms with Crippen LogP contribution in [0.2, 0.25) is 0 Å². The monoisotopic (exact) mass is 268 g/mol. The van der Waals surface area contributed by atoms with Gasteiger partial charge in [0.05, 0.1) is 11.1 Å². The molecule has 2 rings (SSSR count). The third-order valence-electron chi connectivity index (χ3n) is 2.76. The highest BCUT2D eigenvalue weighted by atomic mass is 19.4. The number of halogens is 3. The molecule has 0 atom stereocenters. The Bertz CT molecular complexity index is 607. The van der Waals surface area contributed by atoms with Gasteiger partial charge in [0, 0.05) is 5.56 Å². The largest absolute Gasteiger partial charge is 0.466 e. The molecule has 0 fully saturated rings. The van der Waals surface area contributed by atoms with Crippen molar-refractivity contribution in [3.63, 3.8) is 0 Å². The molecule has 0 unspecified atom stereocenters. The highest BCUT2D eigenvalue weighted by Crippen LogP contribution is 2.29. The Labute approximate surface area is 107 Å². The Balaban J connectivity index is 2.33.